The molecule has 0 saturated carbocycles. The maximum Gasteiger partial charge on any atom is 0.246 e. The first-order valence-electron chi connectivity index (χ1n) is 5.91. The van der Waals surface area contributed by atoms with E-state index in [2.05, 4.69) is 0 Å². The van der Waals surface area contributed by atoms with Gasteiger partial charge < -0.3 is 9.80 Å². The van der Waals surface area contributed by atoms with Gasteiger partial charge in [-0.05, 0) is 28.5 Å². The molecule has 2 heterocycles. The molecule has 1 aromatic heterocycles. The molecule has 1 saturated heterocycles. The summed E-state index contributed by atoms with van der Waals surface area (Å²) >= 11 is 1.61. The fourth-order valence-corrected chi connectivity index (χ4v) is 2.51. The molecule has 4 nitrogen and oxygen atoms in total. The number of carbonyl (C=O) groups is 2. The van der Waals surface area contributed by atoms with Crippen molar-refractivity contribution >= 4 is 29.2 Å². The molecule has 96 valence electrons. The fraction of sp³-hybridized carbons (Fsp3) is 0.385. The highest BCUT2D eigenvalue weighted by atomic mass is 32.1. The zero-order chi connectivity index (χ0) is 13.0. The molecule has 0 bridgehead atoms. The van der Waals surface area contributed by atoms with Crippen molar-refractivity contribution < 1.29 is 9.59 Å². The van der Waals surface area contributed by atoms with Gasteiger partial charge in [0.1, 0.15) is 0 Å². The third kappa shape index (κ3) is 3.20. The summed E-state index contributed by atoms with van der Waals surface area (Å²) in [6.45, 7) is 4.06. The molecule has 0 spiro atoms. The van der Waals surface area contributed by atoms with Gasteiger partial charge in [-0.3, -0.25) is 9.59 Å². The molecule has 0 aromatic carbocycles. The summed E-state index contributed by atoms with van der Waals surface area (Å²) in [4.78, 5) is 26.6. The van der Waals surface area contributed by atoms with E-state index in [4.69, 9.17) is 0 Å². The first kappa shape index (κ1) is 12.8. The van der Waals surface area contributed by atoms with E-state index < -0.39 is 0 Å². The van der Waals surface area contributed by atoms with E-state index in [0.29, 0.717) is 26.2 Å². The molecule has 1 aliphatic rings. The van der Waals surface area contributed by atoms with Crippen LogP contribution in [0.1, 0.15) is 12.5 Å². The second-order valence-electron chi connectivity index (χ2n) is 4.22. The number of nitrogens with zero attached hydrogens (tertiary/aromatic N) is 2. The Bertz CT molecular complexity index is 446. The molecule has 0 N–H and O–H groups in total. The molecule has 1 aromatic rings. The van der Waals surface area contributed by atoms with Crippen LogP contribution in [-0.4, -0.2) is 47.8 Å². The number of rotatable bonds is 2. The van der Waals surface area contributed by atoms with Crippen molar-refractivity contribution in [1.29, 1.82) is 0 Å². The summed E-state index contributed by atoms with van der Waals surface area (Å²) in [5.74, 6) is 0.0975. The Morgan fingerprint density at radius 3 is 2.44 bits per heavy atom. The highest BCUT2D eigenvalue weighted by Crippen LogP contribution is 2.09. The van der Waals surface area contributed by atoms with Crippen LogP contribution in [-0.2, 0) is 9.59 Å². The molecule has 2 rings (SSSR count). The molecule has 0 aliphatic carbocycles. The zero-order valence-corrected chi connectivity index (χ0v) is 11.2. The van der Waals surface area contributed by atoms with Crippen molar-refractivity contribution in [2.24, 2.45) is 0 Å². The second-order valence-corrected chi connectivity index (χ2v) is 5.00. The zero-order valence-electron chi connectivity index (χ0n) is 10.3. The number of hydrogen-bond donors (Lipinski definition) is 0. The van der Waals surface area contributed by atoms with Crippen LogP contribution in [0, 0.1) is 0 Å². The predicted molar refractivity (Wildman–Crippen MR) is 72.2 cm³/mol. The lowest BCUT2D eigenvalue weighted by Gasteiger charge is -2.33. The van der Waals surface area contributed by atoms with E-state index >= 15 is 0 Å². The number of carbonyl (C=O) groups excluding carboxylic acids is 2. The van der Waals surface area contributed by atoms with Crippen molar-refractivity contribution in [2.75, 3.05) is 26.2 Å². The van der Waals surface area contributed by atoms with Gasteiger partial charge in [0.05, 0.1) is 0 Å². The lowest BCUT2D eigenvalue weighted by molar-refractivity contribution is -0.135. The monoisotopic (exact) mass is 264 g/mol. The summed E-state index contributed by atoms with van der Waals surface area (Å²) in [5, 5.41) is 3.98. The van der Waals surface area contributed by atoms with Crippen LogP contribution in [0.25, 0.3) is 6.08 Å². The molecule has 18 heavy (non-hydrogen) atoms. The summed E-state index contributed by atoms with van der Waals surface area (Å²) < 4.78 is 0. The maximum absolute atomic E-state index is 11.9. The number of piperazine rings is 1. The van der Waals surface area contributed by atoms with Crippen LogP contribution in [0.15, 0.2) is 22.9 Å². The first-order chi connectivity index (χ1) is 8.66. The van der Waals surface area contributed by atoms with Crippen LogP contribution in [0.4, 0.5) is 0 Å². The average molecular weight is 264 g/mol. The minimum absolute atomic E-state index is 0.0180. The predicted octanol–water partition coefficient (Wildman–Crippen LogP) is 1.45. The fourth-order valence-electron chi connectivity index (χ4n) is 1.88. The lowest BCUT2D eigenvalue weighted by Crippen LogP contribution is -2.49. The standard InChI is InChI=1S/C13H16N2O2S/c1-11(16)14-5-7-15(8-6-14)13(17)3-2-12-4-9-18-10-12/h2-4,9-10H,5-8H2,1H3/b3-2+. The number of amides is 2. The summed E-state index contributed by atoms with van der Waals surface area (Å²) in [5.41, 5.74) is 1.05. The highest BCUT2D eigenvalue weighted by Gasteiger charge is 2.20. The van der Waals surface area contributed by atoms with Crippen molar-refractivity contribution in [1.82, 2.24) is 9.80 Å². The normalized spacial score (nSPS) is 16.3. The summed E-state index contributed by atoms with van der Waals surface area (Å²) in [7, 11) is 0. The maximum atomic E-state index is 11.9. The van der Waals surface area contributed by atoms with Crippen LogP contribution in [0.3, 0.4) is 0 Å². The summed E-state index contributed by atoms with van der Waals surface area (Å²) in [6.07, 6.45) is 3.43. The molecule has 5 heteroatoms. The first-order valence-corrected chi connectivity index (χ1v) is 6.86. The van der Waals surface area contributed by atoms with Gasteiger partial charge in [0.25, 0.3) is 0 Å². The van der Waals surface area contributed by atoms with Gasteiger partial charge in [0, 0.05) is 39.2 Å². The third-order valence-electron chi connectivity index (χ3n) is 3.00. The third-order valence-corrected chi connectivity index (χ3v) is 3.70. The molecule has 1 aliphatic heterocycles. The Kier molecular flexibility index (Phi) is 4.15. The molecule has 0 unspecified atom stereocenters. The molecule has 0 radical (unpaired) electrons. The quantitative estimate of drug-likeness (QED) is 0.759. The van der Waals surface area contributed by atoms with Gasteiger partial charge in [-0.15, -0.1) is 0 Å². The Labute approximate surface area is 111 Å². The van der Waals surface area contributed by atoms with E-state index in [9.17, 15) is 9.59 Å². The van der Waals surface area contributed by atoms with E-state index in [1.54, 1.807) is 34.1 Å². The Hall–Kier alpha value is -1.62. The largest absolute Gasteiger partial charge is 0.339 e. The molecule has 2 amide bonds. The molecule has 0 atom stereocenters. The van der Waals surface area contributed by atoms with Crippen LogP contribution in [0.5, 0.6) is 0 Å². The van der Waals surface area contributed by atoms with Gasteiger partial charge in [0.15, 0.2) is 0 Å². The molecular weight excluding hydrogens is 248 g/mol. The van der Waals surface area contributed by atoms with Gasteiger partial charge in [0.2, 0.25) is 11.8 Å². The van der Waals surface area contributed by atoms with E-state index in [1.165, 1.54) is 0 Å². The second kappa shape index (κ2) is 5.82. The van der Waals surface area contributed by atoms with Crippen molar-refractivity contribution in [2.45, 2.75) is 6.92 Å². The Morgan fingerprint density at radius 2 is 1.89 bits per heavy atom. The Balaban J connectivity index is 1.86. The molecular formula is C13H16N2O2S. The van der Waals surface area contributed by atoms with Crippen molar-refractivity contribution in [3.8, 4) is 0 Å². The van der Waals surface area contributed by atoms with E-state index in [1.807, 2.05) is 22.9 Å². The smallest absolute Gasteiger partial charge is 0.246 e. The van der Waals surface area contributed by atoms with Crippen LogP contribution >= 0.6 is 11.3 Å². The molecule has 1 fully saturated rings. The minimum atomic E-state index is 0.0180. The van der Waals surface area contributed by atoms with Gasteiger partial charge in [-0.1, -0.05) is 0 Å². The number of thiophene rings is 1. The van der Waals surface area contributed by atoms with E-state index in [-0.39, 0.29) is 11.8 Å². The highest BCUT2D eigenvalue weighted by molar-refractivity contribution is 7.08. The topological polar surface area (TPSA) is 40.6 Å². The van der Waals surface area contributed by atoms with Crippen molar-refractivity contribution in [3.63, 3.8) is 0 Å². The average Bonchev–Trinajstić information content (AvgIpc) is 2.89. The Morgan fingerprint density at radius 1 is 1.22 bits per heavy atom. The van der Waals surface area contributed by atoms with Gasteiger partial charge in [-0.2, -0.15) is 11.3 Å². The lowest BCUT2D eigenvalue weighted by atomic mass is 10.2. The van der Waals surface area contributed by atoms with E-state index in [0.717, 1.165) is 5.56 Å². The SMILES string of the molecule is CC(=O)N1CCN(C(=O)/C=C/c2ccsc2)CC1. The van der Waals surface area contributed by atoms with Crippen molar-refractivity contribution in [3.05, 3.63) is 28.5 Å². The van der Waals surface area contributed by atoms with Gasteiger partial charge >= 0.3 is 0 Å². The number of hydrogen-bond acceptors (Lipinski definition) is 3. The minimum Gasteiger partial charge on any atom is -0.339 e. The van der Waals surface area contributed by atoms with Crippen LogP contribution < -0.4 is 0 Å². The summed E-state index contributed by atoms with van der Waals surface area (Å²) in [6, 6.07) is 1.97. The van der Waals surface area contributed by atoms with Gasteiger partial charge in [-0.25, -0.2) is 0 Å². The van der Waals surface area contributed by atoms with Crippen LogP contribution in [0.2, 0.25) is 0 Å².